The number of hydrogen-bond donors (Lipinski definition) is 0. The smallest absolute Gasteiger partial charge is 0.265 e. The van der Waals surface area contributed by atoms with E-state index in [1.165, 1.54) is 29.9 Å². The molecule has 3 heterocycles. The molecular formula is C16H14FN3O3S. The van der Waals surface area contributed by atoms with Crippen molar-refractivity contribution >= 4 is 27.3 Å². The van der Waals surface area contributed by atoms with Crippen molar-refractivity contribution in [2.45, 2.75) is 13.0 Å². The number of amides is 1. The summed E-state index contributed by atoms with van der Waals surface area (Å²) in [5.74, 6) is -0.00138. The molecule has 1 fully saturated rings. The lowest BCUT2D eigenvalue weighted by molar-refractivity contribution is -0.00554. The van der Waals surface area contributed by atoms with Crippen LogP contribution in [0, 0.1) is 12.7 Å². The summed E-state index contributed by atoms with van der Waals surface area (Å²) >= 11 is 1.37. The van der Waals surface area contributed by atoms with Crippen LogP contribution in [0.1, 0.15) is 27.1 Å². The van der Waals surface area contributed by atoms with E-state index >= 15 is 0 Å². The zero-order valence-electron chi connectivity index (χ0n) is 12.9. The lowest BCUT2D eigenvalue weighted by Gasteiger charge is -2.33. The van der Waals surface area contributed by atoms with Gasteiger partial charge in [-0.05, 0) is 36.1 Å². The third-order valence-corrected chi connectivity index (χ3v) is 5.42. The van der Waals surface area contributed by atoms with Gasteiger partial charge in [0.15, 0.2) is 5.82 Å². The highest BCUT2D eigenvalue weighted by atomic mass is 32.1. The molecule has 0 spiro atoms. The summed E-state index contributed by atoms with van der Waals surface area (Å²) in [6.45, 7) is 3.07. The van der Waals surface area contributed by atoms with E-state index in [1.807, 2.05) is 6.92 Å². The third-order valence-electron chi connectivity index (χ3n) is 4.16. The first-order chi connectivity index (χ1) is 11.6. The molecule has 0 saturated carbocycles. The summed E-state index contributed by atoms with van der Waals surface area (Å²) in [5.41, 5.74) is 0.790. The normalized spacial score (nSPS) is 18.2. The summed E-state index contributed by atoms with van der Waals surface area (Å²) in [4.78, 5) is 19.4. The van der Waals surface area contributed by atoms with Crippen molar-refractivity contribution in [2.24, 2.45) is 0 Å². The molecule has 1 atom stereocenters. The zero-order chi connectivity index (χ0) is 16.7. The molecule has 4 rings (SSSR count). The lowest BCUT2D eigenvalue weighted by Crippen LogP contribution is -2.43. The number of morpholine rings is 1. The fraction of sp³-hybridized carbons (Fsp3) is 0.312. The van der Waals surface area contributed by atoms with Gasteiger partial charge in [0.05, 0.1) is 18.1 Å². The summed E-state index contributed by atoms with van der Waals surface area (Å²) in [6.07, 6.45) is 1.24. The van der Waals surface area contributed by atoms with Gasteiger partial charge in [0.25, 0.3) is 5.91 Å². The molecule has 0 unspecified atom stereocenters. The van der Waals surface area contributed by atoms with Gasteiger partial charge in [-0.3, -0.25) is 4.79 Å². The van der Waals surface area contributed by atoms with Crippen LogP contribution in [0.15, 0.2) is 29.1 Å². The highest BCUT2D eigenvalue weighted by Gasteiger charge is 2.33. The molecule has 0 aliphatic carbocycles. The topological polar surface area (TPSA) is 68.5 Å². The molecule has 0 bridgehead atoms. The van der Waals surface area contributed by atoms with E-state index in [1.54, 1.807) is 11.0 Å². The zero-order valence-corrected chi connectivity index (χ0v) is 13.7. The number of halogens is 1. The van der Waals surface area contributed by atoms with Gasteiger partial charge in [-0.25, -0.2) is 4.39 Å². The number of hydrogen-bond acceptors (Lipinski definition) is 6. The molecule has 124 valence electrons. The Balaban J connectivity index is 1.73. The molecule has 1 aliphatic rings. The molecule has 3 aromatic rings. The second-order valence-electron chi connectivity index (χ2n) is 5.58. The molecule has 2 aromatic heterocycles. The van der Waals surface area contributed by atoms with Gasteiger partial charge < -0.3 is 14.2 Å². The van der Waals surface area contributed by atoms with E-state index in [2.05, 4.69) is 10.1 Å². The van der Waals surface area contributed by atoms with Crippen LogP contribution in [0.25, 0.3) is 10.1 Å². The van der Waals surface area contributed by atoms with Crippen molar-refractivity contribution < 1.29 is 18.4 Å². The van der Waals surface area contributed by atoms with Gasteiger partial charge >= 0.3 is 0 Å². The number of thiophene rings is 1. The Morgan fingerprint density at radius 1 is 1.46 bits per heavy atom. The quantitative estimate of drug-likeness (QED) is 0.713. The minimum Gasteiger partial charge on any atom is -0.377 e. The Hall–Kier alpha value is -2.32. The van der Waals surface area contributed by atoms with E-state index in [4.69, 9.17) is 9.26 Å². The average molecular weight is 347 g/mol. The maximum atomic E-state index is 13.5. The minimum atomic E-state index is -0.383. The molecule has 24 heavy (non-hydrogen) atoms. The van der Waals surface area contributed by atoms with Crippen LogP contribution in [-0.4, -0.2) is 40.7 Å². The molecule has 1 amide bonds. The van der Waals surface area contributed by atoms with Crippen molar-refractivity contribution in [3.8, 4) is 0 Å². The molecule has 8 heteroatoms. The first-order valence-electron chi connectivity index (χ1n) is 7.49. The number of nitrogens with zero attached hydrogens (tertiary/aromatic N) is 3. The summed E-state index contributed by atoms with van der Waals surface area (Å²) in [5, 5.41) is 4.61. The van der Waals surface area contributed by atoms with Crippen LogP contribution >= 0.6 is 11.3 Å². The monoisotopic (exact) mass is 347 g/mol. The second kappa shape index (κ2) is 5.95. The highest BCUT2D eigenvalue weighted by Crippen LogP contribution is 2.34. The van der Waals surface area contributed by atoms with E-state index in [9.17, 15) is 9.18 Å². The second-order valence-corrected chi connectivity index (χ2v) is 6.63. The first-order valence-corrected chi connectivity index (χ1v) is 8.30. The van der Waals surface area contributed by atoms with E-state index in [0.717, 1.165) is 15.6 Å². The molecule has 0 N–H and O–H groups in total. The van der Waals surface area contributed by atoms with E-state index < -0.39 is 0 Å². The maximum absolute atomic E-state index is 13.5. The van der Waals surface area contributed by atoms with E-state index in [0.29, 0.717) is 30.5 Å². The number of ether oxygens (including phenoxy) is 1. The third kappa shape index (κ3) is 2.47. The first kappa shape index (κ1) is 15.2. The largest absolute Gasteiger partial charge is 0.377 e. The predicted molar refractivity (Wildman–Crippen MR) is 85.4 cm³/mol. The maximum Gasteiger partial charge on any atom is 0.265 e. The van der Waals surface area contributed by atoms with Gasteiger partial charge in [0, 0.05) is 11.2 Å². The van der Waals surface area contributed by atoms with Crippen LogP contribution < -0.4 is 0 Å². The Bertz CT molecular complexity index is 893. The van der Waals surface area contributed by atoms with Crippen LogP contribution in [0.5, 0.6) is 0 Å². The van der Waals surface area contributed by atoms with Crippen LogP contribution in [-0.2, 0) is 4.74 Å². The molecular weight excluding hydrogens is 333 g/mol. The Morgan fingerprint density at radius 2 is 2.33 bits per heavy atom. The Labute approximate surface area is 140 Å². The number of carbonyl (C=O) groups excluding carboxylic acids is 1. The van der Waals surface area contributed by atoms with Crippen LogP contribution in [0.3, 0.4) is 0 Å². The number of rotatable bonds is 2. The molecule has 1 aliphatic heterocycles. The minimum absolute atomic E-state index is 0.118. The van der Waals surface area contributed by atoms with Crippen LogP contribution in [0.2, 0.25) is 0 Å². The summed E-state index contributed by atoms with van der Waals surface area (Å²) < 4.78 is 24.6. The lowest BCUT2D eigenvalue weighted by atomic mass is 10.1. The van der Waals surface area contributed by atoms with Gasteiger partial charge in [0.1, 0.15) is 11.9 Å². The average Bonchev–Trinajstić information content (AvgIpc) is 3.23. The molecule has 1 saturated heterocycles. The SMILES string of the molecule is Cc1c(C(=O)N2CCOC[C@@H]2c2ncon2)sc2ccc(F)cc12. The van der Waals surface area contributed by atoms with Gasteiger partial charge in [-0.1, -0.05) is 5.16 Å². The van der Waals surface area contributed by atoms with Crippen LogP contribution in [0.4, 0.5) is 4.39 Å². The number of aromatic nitrogens is 2. The molecule has 6 nitrogen and oxygen atoms in total. The Morgan fingerprint density at radius 3 is 3.12 bits per heavy atom. The summed E-state index contributed by atoms with van der Waals surface area (Å²) in [7, 11) is 0. The van der Waals surface area contributed by atoms with Crippen molar-refractivity contribution in [1.82, 2.24) is 15.0 Å². The van der Waals surface area contributed by atoms with Gasteiger partial charge in [-0.15, -0.1) is 11.3 Å². The summed E-state index contributed by atoms with van der Waals surface area (Å²) in [6, 6.07) is 4.19. The van der Waals surface area contributed by atoms with Crippen molar-refractivity contribution in [1.29, 1.82) is 0 Å². The number of fused-ring (bicyclic) bond motifs is 1. The van der Waals surface area contributed by atoms with Gasteiger partial charge in [-0.2, -0.15) is 4.98 Å². The molecule has 0 radical (unpaired) electrons. The van der Waals surface area contributed by atoms with E-state index in [-0.39, 0.29) is 17.8 Å². The predicted octanol–water partition coefficient (Wildman–Crippen LogP) is 2.95. The number of aryl methyl sites for hydroxylation is 1. The number of benzene rings is 1. The fourth-order valence-electron chi connectivity index (χ4n) is 2.91. The van der Waals surface area contributed by atoms with Crippen molar-refractivity contribution in [3.05, 3.63) is 46.7 Å². The fourth-order valence-corrected chi connectivity index (χ4v) is 4.06. The van der Waals surface area contributed by atoms with Gasteiger partial charge in [0.2, 0.25) is 6.39 Å². The Kier molecular flexibility index (Phi) is 3.78. The standard InChI is InChI=1S/C16H14FN3O3S/c1-9-11-6-10(17)2-3-13(11)24-14(9)16(21)20-4-5-22-7-12(20)15-18-8-23-19-15/h2-3,6,8,12H,4-5,7H2,1H3/t12-/m1/s1. The van der Waals surface area contributed by atoms with Crippen molar-refractivity contribution in [3.63, 3.8) is 0 Å². The molecule has 1 aromatic carbocycles. The number of carbonyl (C=O) groups is 1. The highest BCUT2D eigenvalue weighted by molar-refractivity contribution is 7.21. The van der Waals surface area contributed by atoms with Crippen molar-refractivity contribution in [2.75, 3.05) is 19.8 Å².